The van der Waals surface area contributed by atoms with Gasteiger partial charge in [-0.15, -0.1) is 0 Å². The first-order chi connectivity index (χ1) is 17.0. The molecule has 1 aliphatic heterocycles. The summed E-state index contributed by atoms with van der Waals surface area (Å²) in [5, 5.41) is 15.3. The fraction of sp³-hybridized carbons (Fsp3) is 0.536. The van der Waals surface area contributed by atoms with Gasteiger partial charge in [-0.3, -0.25) is 4.90 Å². The molecule has 7 nitrogen and oxygen atoms in total. The first-order valence-corrected chi connectivity index (χ1v) is 12.8. The van der Waals surface area contributed by atoms with Crippen molar-refractivity contribution in [1.29, 1.82) is 0 Å². The third kappa shape index (κ3) is 6.97. The van der Waals surface area contributed by atoms with Crippen LogP contribution in [0.1, 0.15) is 51.4 Å². The summed E-state index contributed by atoms with van der Waals surface area (Å²) in [6.07, 6.45) is 4.58. The van der Waals surface area contributed by atoms with Crippen LogP contribution in [0.2, 0.25) is 0 Å². The van der Waals surface area contributed by atoms with E-state index < -0.39 is 6.10 Å². The number of hydrogen-bond donors (Lipinski definition) is 1. The normalized spacial score (nSPS) is 17.4. The third-order valence-corrected chi connectivity index (χ3v) is 6.49. The predicted molar refractivity (Wildman–Crippen MR) is 137 cm³/mol. The molecule has 3 aromatic rings. The lowest BCUT2D eigenvalue weighted by molar-refractivity contribution is 0.00225. The summed E-state index contributed by atoms with van der Waals surface area (Å²) in [4.78, 5) is 4.66. The second kappa shape index (κ2) is 12.4. The minimum Gasteiger partial charge on any atom is -0.467 e. The van der Waals surface area contributed by atoms with Crippen molar-refractivity contribution < 1.29 is 18.8 Å². The van der Waals surface area contributed by atoms with Crippen molar-refractivity contribution in [2.24, 2.45) is 5.92 Å². The predicted octanol–water partition coefficient (Wildman–Crippen LogP) is 5.35. The molecule has 0 radical (unpaired) electrons. The van der Waals surface area contributed by atoms with Crippen LogP contribution in [0.5, 0.6) is 0 Å². The molecular weight excluding hydrogens is 442 g/mol. The lowest BCUT2D eigenvalue weighted by Gasteiger charge is -2.34. The summed E-state index contributed by atoms with van der Waals surface area (Å²) >= 11 is 0. The third-order valence-electron chi connectivity index (χ3n) is 6.49. The van der Waals surface area contributed by atoms with E-state index in [9.17, 15) is 5.11 Å². The van der Waals surface area contributed by atoms with Gasteiger partial charge in [-0.1, -0.05) is 49.3 Å². The van der Waals surface area contributed by atoms with Gasteiger partial charge < -0.3 is 23.7 Å². The Kier molecular flexibility index (Phi) is 9.01. The average Bonchev–Trinajstić information content (AvgIpc) is 3.50. The van der Waals surface area contributed by atoms with Crippen molar-refractivity contribution in [2.75, 3.05) is 31.1 Å². The van der Waals surface area contributed by atoms with Gasteiger partial charge in [0.25, 0.3) is 0 Å². The Hall–Kier alpha value is -2.61. The summed E-state index contributed by atoms with van der Waals surface area (Å²) in [5.41, 5.74) is 3.03. The molecule has 35 heavy (non-hydrogen) atoms. The van der Waals surface area contributed by atoms with Crippen LogP contribution in [0.15, 0.2) is 57.7 Å². The van der Waals surface area contributed by atoms with E-state index in [4.69, 9.17) is 13.7 Å². The Balaban J connectivity index is 1.53. The summed E-state index contributed by atoms with van der Waals surface area (Å²) < 4.78 is 17.0. The number of nitrogens with zero attached hydrogens (tertiary/aromatic N) is 3. The van der Waals surface area contributed by atoms with E-state index in [1.165, 1.54) is 6.42 Å². The molecule has 0 bridgehead atoms. The Labute approximate surface area is 208 Å². The second-order valence-corrected chi connectivity index (χ2v) is 10.1. The number of piperidine rings is 1. The summed E-state index contributed by atoms with van der Waals surface area (Å²) in [6, 6.07) is 14.4. The molecule has 1 aromatic carbocycles. The Morgan fingerprint density at radius 1 is 1.14 bits per heavy atom. The molecule has 4 rings (SSSR count). The number of ether oxygens (including phenoxy) is 1. The van der Waals surface area contributed by atoms with E-state index in [2.05, 4.69) is 47.9 Å². The molecule has 1 N–H and O–H groups in total. The van der Waals surface area contributed by atoms with Gasteiger partial charge in [0, 0.05) is 37.8 Å². The van der Waals surface area contributed by atoms with Crippen LogP contribution >= 0.6 is 0 Å². The van der Waals surface area contributed by atoms with Crippen molar-refractivity contribution in [1.82, 2.24) is 10.1 Å². The maximum absolute atomic E-state index is 10.8. The van der Waals surface area contributed by atoms with Crippen LogP contribution in [-0.2, 0) is 17.9 Å². The Morgan fingerprint density at radius 2 is 1.97 bits per heavy atom. The molecule has 2 aromatic heterocycles. The first kappa shape index (κ1) is 25.5. The SMILES string of the molecule is CC(C)CN(Cc1c(-c2ccccc2)noc1N1CCCCC1C)CC(O)COCc1ccco1. The van der Waals surface area contributed by atoms with Crippen molar-refractivity contribution >= 4 is 5.88 Å². The molecule has 7 heteroatoms. The van der Waals surface area contributed by atoms with E-state index in [1.807, 2.05) is 30.3 Å². The molecule has 0 saturated carbocycles. The fourth-order valence-corrected chi connectivity index (χ4v) is 4.88. The van der Waals surface area contributed by atoms with Gasteiger partial charge in [0.05, 0.1) is 24.5 Å². The van der Waals surface area contributed by atoms with Crippen LogP contribution in [0.25, 0.3) is 11.3 Å². The highest BCUT2D eigenvalue weighted by atomic mass is 16.5. The van der Waals surface area contributed by atoms with Crippen molar-refractivity contribution in [3.05, 3.63) is 60.1 Å². The molecule has 0 amide bonds. The highest BCUT2D eigenvalue weighted by molar-refractivity contribution is 5.68. The number of aromatic nitrogens is 1. The van der Waals surface area contributed by atoms with Crippen LogP contribution in [0.4, 0.5) is 5.88 Å². The first-order valence-electron chi connectivity index (χ1n) is 12.8. The number of benzene rings is 1. The topological polar surface area (TPSA) is 75.1 Å². The number of furan rings is 1. The molecule has 3 heterocycles. The number of anilines is 1. The average molecular weight is 482 g/mol. The molecule has 2 atom stereocenters. The number of aliphatic hydroxyl groups is 1. The molecule has 1 fully saturated rings. The minimum atomic E-state index is -0.610. The summed E-state index contributed by atoms with van der Waals surface area (Å²) in [7, 11) is 0. The zero-order chi connectivity index (χ0) is 24.6. The van der Waals surface area contributed by atoms with Crippen LogP contribution < -0.4 is 4.90 Å². The molecule has 0 aliphatic carbocycles. The highest BCUT2D eigenvalue weighted by Gasteiger charge is 2.29. The second-order valence-electron chi connectivity index (χ2n) is 10.1. The number of hydrogen-bond acceptors (Lipinski definition) is 7. The van der Waals surface area contributed by atoms with Gasteiger partial charge in [0.15, 0.2) is 0 Å². The lowest BCUT2D eigenvalue weighted by Crippen LogP contribution is -2.39. The molecule has 190 valence electrons. The van der Waals surface area contributed by atoms with Crippen molar-refractivity contribution in [2.45, 2.75) is 65.3 Å². The largest absolute Gasteiger partial charge is 0.467 e. The fourth-order valence-electron chi connectivity index (χ4n) is 4.88. The van der Waals surface area contributed by atoms with Crippen molar-refractivity contribution in [3.8, 4) is 11.3 Å². The quantitative estimate of drug-likeness (QED) is 0.374. The smallest absolute Gasteiger partial charge is 0.232 e. The number of aliphatic hydroxyl groups excluding tert-OH is 1. The summed E-state index contributed by atoms with van der Waals surface area (Å²) in [5.74, 6) is 2.07. The Bertz CT molecular complexity index is 1000. The monoisotopic (exact) mass is 481 g/mol. The molecule has 0 spiro atoms. The van der Waals surface area contributed by atoms with E-state index in [-0.39, 0.29) is 6.61 Å². The van der Waals surface area contributed by atoms with Gasteiger partial charge in [-0.25, -0.2) is 0 Å². The van der Waals surface area contributed by atoms with Crippen LogP contribution in [0.3, 0.4) is 0 Å². The van der Waals surface area contributed by atoms with E-state index in [1.54, 1.807) is 6.26 Å². The minimum absolute atomic E-state index is 0.250. The van der Waals surface area contributed by atoms with Crippen molar-refractivity contribution in [3.63, 3.8) is 0 Å². The molecular formula is C28H39N3O4. The molecule has 2 unspecified atom stereocenters. The van der Waals surface area contributed by atoms with Gasteiger partial charge in [0.2, 0.25) is 5.88 Å². The van der Waals surface area contributed by atoms with Gasteiger partial charge in [-0.2, -0.15) is 0 Å². The lowest BCUT2D eigenvalue weighted by atomic mass is 10.0. The van der Waals surface area contributed by atoms with E-state index in [0.29, 0.717) is 31.7 Å². The van der Waals surface area contributed by atoms with Crippen LogP contribution in [0, 0.1) is 5.92 Å². The molecule has 1 aliphatic rings. The Morgan fingerprint density at radius 3 is 2.69 bits per heavy atom. The van der Waals surface area contributed by atoms with E-state index in [0.717, 1.165) is 54.4 Å². The maximum Gasteiger partial charge on any atom is 0.232 e. The highest BCUT2D eigenvalue weighted by Crippen LogP contribution is 2.35. The summed E-state index contributed by atoms with van der Waals surface area (Å²) in [6.45, 7) is 10.3. The number of rotatable bonds is 12. The van der Waals surface area contributed by atoms with Gasteiger partial charge >= 0.3 is 0 Å². The zero-order valence-corrected chi connectivity index (χ0v) is 21.2. The molecule has 1 saturated heterocycles. The standard InChI is InChI=1S/C28H39N3O4/c1-21(2)16-30(17-24(32)19-33-20-25-13-9-15-34-25)18-26-27(23-11-5-4-6-12-23)29-35-28(26)31-14-8-7-10-22(31)3/h4-6,9,11-13,15,21-22,24,32H,7-8,10,14,16-20H2,1-3H3. The van der Waals surface area contributed by atoms with Gasteiger partial charge in [-0.05, 0) is 44.2 Å². The van der Waals surface area contributed by atoms with Gasteiger partial charge in [0.1, 0.15) is 18.1 Å². The maximum atomic E-state index is 10.8. The van der Waals surface area contributed by atoms with E-state index >= 15 is 0 Å². The zero-order valence-electron chi connectivity index (χ0n) is 21.2. The van der Waals surface area contributed by atoms with Crippen LogP contribution in [-0.4, -0.2) is 53.6 Å².